The van der Waals surface area contributed by atoms with Gasteiger partial charge in [-0.05, 0) is 0 Å². The van der Waals surface area contributed by atoms with E-state index < -0.39 is 0 Å². The number of nitrogens with zero attached hydrogens (tertiary/aromatic N) is 2. The fourth-order valence-corrected chi connectivity index (χ4v) is 0.714. The Kier molecular flexibility index (Phi) is 4.22. The van der Waals surface area contributed by atoms with Gasteiger partial charge in [-0.3, -0.25) is 0 Å². The van der Waals surface area contributed by atoms with Gasteiger partial charge < -0.3 is 24.0 Å². The van der Waals surface area contributed by atoms with Crippen LogP contribution >= 0.6 is 11.6 Å². The van der Waals surface area contributed by atoms with Crippen molar-refractivity contribution < 1.29 is 28.5 Å². The molecule has 1 aromatic heterocycles. The van der Waals surface area contributed by atoms with Crippen molar-refractivity contribution in [2.24, 2.45) is 7.05 Å². The van der Waals surface area contributed by atoms with Crippen LogP contribution in [-0.2, 0) is 13.1 Å². The second kappa shape index (κ2) is 4.11. The van der Waals surface area contributed by atoms with Crippen LogP contribution in [0.15, 0.2) is 18.7 Å². The van der Waals surface area contributed by atoms with E-state index >= 15 is 0 Å². The Morgan fingerprint density at radius 3 is 2.56 bits per heavy atom. The highest BCUT2D eigenvalue weighted by atomic mass is 127. The lowest BCUT2D eigenvalue weighted by molar-refractivity contribution is -0.677. The van der Waals surface area contributed by atoms with Crippen LogP contribution < -0.4 is 28.5 Å². The van der Waals surface area contributed by atoms with Crippen LogP contribution in [0, 0.1) is 0 Å². The van der Waals surface area contributed by atoms with Gasteiger partial charge in [-0.1, -0.05) is 11.6 Å². The molecule has 52 valence electrons. The first-order valence-electron chi connectivity index (χ1n) is 2.40. The Morgan fingerprint density at radius 2 is 2.33 bits per heavy atom. The molecule has 0 aliphatic rings. The van der Waals surface area contributed by atoms with Gasteiger partial charge in [0.2, 0.25) is 6.33 Å². The number of aromatic nitrogens is 2. The summed E-state index contributed by atoms with van der Waals surface area (Å²) in [7, 11) is 1.96. The van der Waals surface area contributed by atoms with Crippen LogP contribution in [0.4, 0.5) is 0 Å². The summed E-state index contributed by atoms with van der Waals surface area (Å²) in [5.74, 6) is 0. The molecule has 0 bridgehead atoms. The minimum atomic E-state index is 0. The molecule has 4 heteroatoms. The van der Waals surface area contributed by atoms with Crippen molar-refractivity contribution in [1.29, 1.82) is 0 Å². The zero-order valence-electron chi connectivity index (χ0n) is 5.09. The van der Waals surface area contributed by atoms with Crippen molar-refractivity contribution in [3.8, 4) is 0 Å². The van der Waals surface area contributed by atoms with E-state index in [1.807, 2.05) is 34.9 Å². The third-order valence-corrected chi connectivity index (χ3v) is 1.24. The predicted octanol–water partition coefficient (Wildman–Crippen LogP) is -2.49. The molecule has 0 aliphatic heterocycles. The molecule has 1 heterocycles. The summed E-state index contributed by atoms with van der Waals surface area (Å²) in [6.07, 6.45) is 5.79. The summed E-state index contributed by atoms with van der Waals surface area (Å²) in [6.45, 7) is 0. The normalized spacial score (nSPS) is 8.67. The maximum absolute atomic E-state index is 5.49. The molecule has 1 aromatic rings. The Hall–Kier alpha value is 0.230. The molecule has 0 spiro atoms. The van der Waals surface area contributed by atoms with Crippen LogP contribution in [0.1, 0.15) is 0 Å². The van der Waals surface area contributed by atoms with E-state index in [1.165, 1.54) is 0 Å². The van der Waals surface area contributed by atoms with Gasteiger partial charge in [0.25, 0.3) is 0 Å². The van der Waals surface area contributed by atoms with Gasteiger partial charge in [-0.15, -0.1) is 0 Å². The summed E-state index contributed by atoms with van der Waals surface area (Å²) in [6, 6.07) is 0.529. The molecule has 0 amide bonds. The smallest absolute Gasteiger partial charge is 0.244 e. The summed E-state index contributed by atoms with van der Waals surface area (Å²) in [4.78, 5) is 0. The number of aryl methyl sites for hydroxylation is 1. The molecule has 9 heavy (non-hydrogen) atoms. The molecule has 0 radical (unpaired) electrons. The lowest BCUT2D eigenvalue weighted by Crippen LogP contribution is -3.00. The highest BCUT2D eigenvalue weighted by molar-refractivity contribution is 6.14. The highest BCUT2D eigenvalue weighted by Gasteiger charge is 1.93. The van der Waals surface area contributed by atoms with Crippen molar-refractivity contribution in [3.05, 3.63) is 18.7 Å². The Balaban J connectivity index is 0.000000640. The van der Waals surface area contributed by atoms with Crippen LogP contribution in [0.2, 0.25) is 0 Å². The van der Waals surface area contributed by atoms with Gasteiger partial charge in [-0.2, -0.15) is 0 Å². The van der Waals surface area contributed by atoms with E-state index in [-0.39, 0.29) is 24.0 Å². The van der Waals surface area contributed by atoms with Crippen molar-refractivity contribution in [1.82, 2.24) is 4.57 Å². The first-order valence-corrected chi connectivity index (χ1v) is 2.93. The molecule has 1 rings (SSSR count). The van der Waals surface area contributed by atoms with Gasteiger partial charge in [0.1, 0.15) is 12.4 Å². The molecular weight excluding hydrogens is 250 g/mol. The summed E-state index contributed by atoms with van der Waals surface area (Å²) in [5.41, 5.74) is 0. The quantitative estimate of drug-likeness (QED) is 0.300. The first-order chi connectivity index (χ1) is 3.83. The topological polar surface area (TPSA) is 8.81 Å². The van der Waals surface area contributed by atoms with Gasteiger partial charge >= 0.3 is 0 Å². The average molecular weight is 258 g/mol. The molecule has 0 saturated carbocycles. The molecule has 0 atom stereocenters. The fourth-order valence-electron chi connectivity index (χ4n) is 0.572. The zero-order chi connectivity index (χ0) is 5.98. The van der Waals surface area contributed by atoms with Crippen LogP contribution in [0.3, 0.4) is 0 Å². The zero-order valence-corrected chi connectivity index (χ0v) is 8.00. The number of rotatable bonds is 1. The number of alkyl halides is 1. The van der Waals surface area contributed by atoms with Crippen LogP contribution in [-0.4, -0.2) is 4.57 Å². The molecule has 0 aromatic carbocycles. The first kappa shape index (κ1) is 9.23. The lowest BCUT2D eigenvalue weighted by atomic mass is 10.9. The summed E-state index contributed by atoms with van der Waals surface area (Å²) >= 11 is 5.49. The maximum Gasteiger partial charge on any atom is 0.244 e. The summed E-state index contributed by atoms with van der Waals surface area (Å²) < 4.78 is 3.84. The molecule has 0 fully saturated rings. The average Bonchev–Trinajstić information content (AvgIpc) is 2.14. The van der Waals surface area contributed by atoms with E-state index in [0.717, 1.165) is 0 Å². The van der Waals surface area contributed by atoms with Gasteiger partial charge in [0.05, 0.1) is 7.05 Å². The molecule has 0 N–H and O–H groups in total. The standard InChI is InChI=1S/C5H8ClN2.HI/c1-7-2-3-8(4-6)5-7;/h2-3,5H,4H2,1H3;1H/q+1;/p-1. The Morgan fingerprint density at radius 1 is 1.67 bits per heavy atom. The molecule has 2 nitrogen and oxygen atoms in total. The van der Waals surface area contributed by atoms with E-state index in [4.69, 9.17) is 11.6 Å². The van der Waals surface area contributed by atoms with Crippen LogP contribution in [0.5, 0.6) is 0 Å². The minimum absolute atomic E-state index is 0. The van der Waals surface area contributed by atoms with Crippen LogP contribution in [0.25, 0.3) is 0 Å². The summed E-state index contributed by atoms with van der Waals surface area (Å²) in [5, 5.41) is 0. The predicted molar refractivity (Wildman–Crippen MR) is 31.5 cm³/mol. The minimum Gasteiger partial charge on any atom is -1.00 e. The van der Waals surface area contributed by atoms with Crippen molar-refractivity contribution in [2.45, 2.75) is 6.00 Å². The second-order valence-electron chi connectivity index (χ2n) is 1.71. The monoisotopic (exact) mass is 258 g/mol. The SMILES string of the molecule is Cn1cc[n+](CCl)c1.[I-]. The highest BCUT2D eigenvalue weighted by Crippen LogP contribution is 1.77. The maximum atomic E-state index is 5.49. The van der Waals surface area contributed by atoms with E-state index in [9.17, 15) is 0 Å². The molecular formula is C5H8ClIN2. The van der Waals surface area contributed by atoms with Gasteiger partial charge in [0.15, 0.2) is 6.00 Å². The van der Waals surface area contributed by atoms with Crippen molar-refractivity contribution >= 4 is 11.6 Å². The largest absolute Gasteiger partial charge is 1.00 e. The molecule has 0 unspecified atom stereocenters. The Bertz CT molecular complexity index is 175. The third-order valence-electron chi connectivity index (χ3n) is 0.962. The second-order valence-corrected chi connectivity index (χ2v) is 1.95. The lowest BCUT2D eigenvalue weighted by Gasteiger charge is -1.79. The number of hydrogen-bond donors (Lipinski definition) is 0. The molecule has 0 aliphatic carbocycles. The Labute approximate surface area is 76.5 Å². The van der Waals surface area contributed by atoms with Gasteiger partial charge in [-0.25, -0.2) is 9.13 Å². The number of halogens is 2. The number of hydrogen-bond acceptors (Lipinski definition) is 0. The number of imidazole rings is 1. The third kappa shape index (κ3) is 2.53. The van der Waals surface area contributed by atoms with Crippen molar-refractivity contribution in [2.75, 3.05) is 0 Å². The van der Waals surface area contributed by atoms with Crippen molar-refractivity contribution in [3.63, 3.8) is 0 Å². The fraction of sp³-hybridized carbons (Fsp3) is 0.400. The van der Waals surface area contributed by atoms with E-state index in [1.54, 1.807) is 0 Å². The molecule has 0 saturated heterocycles. The van der Waals surface area contributed by atoms with Gasteiger partial charge in [0, 0.05) is 0 Å². The van der Waals surface area contributed by atoms with E-state index in [0.29, 0.717) is 6.00 Å². The van der Waals surface area contributed by atoms with E-state index in [2.05, 4.69) is 0 Å².